The number of anilines is 2. The van der Waals surface area contributed by atoms with Crippen molar-refractivity contribution in [1.29, 1.82) is 0 Å². The van der Waals surface area contributed by atoms with E-state index in [1.54, 1.807) is 22.0 Å². The van der Waals surface area contributed by atoms with E-state index in [2.05, 4.69) is 31.3 Å². The molecule has 6 nitrogen and oxygen atoms in total. The molecule has 1 aliphatic heterocycles. The SMILES string of the molecule is Cn1cc(N2CCC(Nc3cc(Br)ccn3)C2=O)cn1. The smallest absolute Gasteiger partial charge is 0.249 e. The van der Waals surface area contributed by atoms with Gasteiger partial charge in [-0.3, -0.25) is 9.48 Å². The number of nitrogens with one attached hydrogen (secondary N) is 1. The molecule has 0 saturated carbocycles. The number of hydrogen-bond donors (Lipinski definition) is 1. The Balaban J connectivity index is 1.73. The number of carbonyl (C=O) groups is 1. The van der Waals surface area contributed by atoms with Crippen molar-refractivity contribution in [2.45, 2.75) is 12.5 Å². The topological polar surface area (TPSA) is 63.1 Å². The average Bonchev–Trinajstić information content (AvgIpc) is 2.97. The normalized spacial score (nSPS) is 18.6. The molecule has 1 fully saturated rings. The van der Waals surface area contributed by atoms with Crippen molar-refractivity contribution in [2.24, 2.45) is 7.05 Å². The lowest BCUT2D eigenvalue weighted by atomic mass is 10.2. The molecule has 0 spiro atoms. The third kappa shape index (κ3) is 2.53. The van der Waals surface area contributed by atoms with Gasteiger partial charge in [0, 0.05) is 30.5 Å². The fourth-order valence-corrected chi connectivity index (χ4v) is 2.62. The Kier molecular flexibility index (Phi) is 3.43. The summed E-state index contributed by atoms with van der Waals surface area (Å²) < 4.78 is 2.63. The van der Waals surface area contributed by atoms with Gasteiger partial charge in [-0.15, -0.1) is 0 Å². The number of hydrogen-bond acceptors (Lipinski definition) is 4. The second-order valence-corrected chi connectivity index (χ2v) is 5.62. The van der Waals surface area contributed by atoms with Gasteiger partial charge in [0.25, 0.3) is 0 Å². The van der Waals surface area contributed by atoms with Gasteiger partial charge in [0.15, 0.2) is 0 Å². The molecule has 1 unspecified atom stereocenters. The second kappa shape index (κ2) is 5.24. The van der Waals surface area contributed by atoms with Crippen molar-refractivity contribution in [3.63, 3.8) is 0 Å². The van der Waals surface area contributed by atoms with Gasteiger partial charge in [0.1, 0.15) is 11.9 Å². The third-order valence-electron chi connectivity index (χ3n) is 3.25. The van der Waals surface area contributed by atoms with Gasteiger partial charge >= 0.3 is 0 Å². The number of halogens is 1. The van der Waals surface area contributed by atoms with E-state index in [1.165, 1.54) is 0 Å². The zero-order valence-corrected chi connectivity index (χ0v) is 12.5. The summed E-state index contributed by atoms with van der Waals surface area (Å²) in [5.74, 6) is 0.755. The fraction of sp³-hybridized carbons (Fsp3) is 0.308. The number of amides is 1. The highest BCUT2D eigenvalue weighted by Gasteiger charge is 2.33. The van der Waals surface area contributed by atoms with Crippen LogP contribution in [0.15, 0.2) is 35.2 Å². The Hall–Kier alpha value is -1.89. The Bertz CT molecular complexity index is 641. The van der Waals surface area contributed by atoms with Crippen LogP contribution in [0.4, 0.5) is 11.5 Å². The molecule has 1 saturated heterocycles. The van der Waals surface area contributed by atoms with Crippen molar-refractivity contribution in [3.8, 4) is 0 Å². The Labute approximate surface area is 124 Å². The Morgan fingerprint density at radius 3 is 3.05 bits per heavy atom. The van der Waals surface area contributed by atoms with E-state index in [9.17, 15) is 4.79 Å². The van der Waals surface area contributed by atoms with E-state index < -0.39 is 0 Å². The Morgan fingerprint density at radius 1 is 1.50 bits per heavy atom. The average molecular weight is 336 g/mol. The molecule has 0 aromatic carbocycles. The summed E-state index contributed by atoms with van der Waals surface area (Å²) in [7, 11) is 1.84. The van der Waals surface area contributed by atoms with Gasteiger partial charge in [-0.2, -0.15) is 5.10 Å². The lowest BCUT2D eigenvalue weighted by molar-refractivity contribution is -0.117. The highest BCUT2D eigenvalue weighted by Crippen LogP contribution is 2.23. The highest BCUT2D eigenvalue weighted by atomic mass is 79.9. The number of rotatable bonds is 3. The minimum absolute atomic E-state index is 0.0553. The van der Waals surface area contributed by atoms with Crippen LogP contribution in [0.25, 0.3) is 0 Å². The van der Waals surface area contributed by atoms with E-state index in [4.69, 9.17) is 0 Å². The number of pyridine rings is 1. The van der Waals surface area contributed by atoms with Crippen LogP contribution in [-0.4, -0.2) is 33.3 Å². The largest absolute Gasteiger partial charge is 0.358 e. The van der Waals surface area contributed by atoms with Crippen LogP contribution in [-0.2, 0) is 11.8 Å². The van der Waals surface area contributed by atoms with Gasteiger partial charge in [0.2, 0.25) is 5.91 Å². The molecule has 7 heteroatoms. The molecule has 3 heterocycles. The molecule has 1 atom stereocenters. The first kappa shape index (κ1) is 13.1. The molecule has 104 valence electrons. The van der Waals surface area contributed by atoms with Crippen LogP contribution in [0.3, 0.4) is 0 Å². The summed E-state index contributed by atoms with van der Waals surface area (Å²) in [6, 6.07) is 3.47. The van der Waals surface area contributed by atoms with Crippen LogP contribution in [0.2, 0.25) is 0 Å². The van der Waals surface area contributed by atoms with Crippen LogP contribution >= 0.6 is 15.9 Å². The van der Waals surface area contributed by atoms with Crippen LogP contribution in [0.5, 0.6) is 0 Å². The second-order valence-electron chi connectivity index (χ2n) is 4.71. The molecule has 2 aromatic heterocycles. The summed E-state index contributed by atoms with van der Waals surface area (Å²) in [5, 5.41) is 7.28. The first-order valence-corrected chi connectivity index (χ1v) is 7.11. The van der Waals surface area contributed by atoms with Crippen LogP contribution in [0.1, 0.15) is 6.42 Å². The fourth-order valence-electron chi connectivity index (χ4n) is 2.28. The van der Waals surface area contributed by atoms with Crippen molar-refractivity contribution in [3.05, 3.63) is 35.2 Å². The van der Waals surface area contributed by atoms with E-state index in [-0.39, 0.29) is 11.9 Å². The predicted molar refractivity (Wildman–Crippen MR) is 79.5 cm³/mol. The monoisotopic (exact) mass is 335 g/mol. The first-order valence-electron chi connectivity index (χ1n) is 6.31. The molecule has 1 amide bonds. The lowest BCUT2D eigenvalue weighted by Crippen LogP contribution is -2.33. The molecule has 0 radical (unpaired) electrons. The van der Waals surface area contributed by atoms with E-state index in [1.807, 2.05) is 25.4 Å². The van der Waals surface area contributed by atoms with E-state index in [0.717, 1.165) is 16.6 Å². The molecule has 2 aromatic rings. The van der Waals surface area contributed by atoms with Crippen LogP contribution in [0, 0.1) is 0 Å². The maximum atomic E-state index is 12.4. The van der Waals surface area contributed by atoms with Gasteiger partial charge < -0.3 is 10.2 Å². The molecule has 0 bridgehead atoms. The van der Waals surface area contributed by atoms with Gasteiger partial charge in [0.05, 0.1) is 11.9 Å². The summed E-state index contributed by atoms with van der Waals surface area (Å²) >= 11 is 3.39. The van der Waals surface area contributed by atoms with Crippen LogP contribution < -0.4 is 10.2 Å². The first-order chi connectivity index (χ1) is 9.63. The van der Waals surface area contributed by atoms with Crippen molar-refractivity contribution < 1.29 is 4.79 Å². The summed E-state index contributed by atoms with van der Waals surface area (Å²) in [4.78, 5) is 18.4. The lowest BCUT2D eigenvalue weighted by Gasteiger charge is -2.15. The molecule has 1 N–H and O–H groups in total. The number of aromatic nitrogens is 3. The zero-order valence-electron chi connectivity index (χ0n) is 11.0. The maximum absolute atomic E-state index is 12.4. The standard InChI is InChI=1S/C13H14BrN5O/c1-18-8-10(7-16-18)19-5-3-11(13(19)20)17-12-6-9(14)2-4-15-12/h2,4,6-8,11H,3,5H2,1H3,(H,15,17). The van der Waals surface area contributed by atoms with Gasteiger partial charge in [-0.1, -0.05) is 15.9 Å². The number of aryl methyl sites for hydroxylation is 1. The minimum atomic E-state index is -0.239. The van der Waals surface area contributed by atoms with Crippen molar-refractivity contribution in [1.82, 2.24) is 14.8 Å². The number of carbonyl (C=O) groups excluding carboxylic acids is 1. The third-order valence-corrected chi connectivity index (χ3v) is 3.75. The minimum Gasteiger partial charge on any atom is -0.358 e. The van der Waals surface area contributed by atoms with Gasteiger partial charge in [-0.05, 0) is 18.6 Å². The molecular weight excluding hydrogens is 322 g/mol. The molecule has 3 rings (SSSR count). The molecule has 0 aliphatic carbocycles. The highest BCUT2D eigenvalue weighted by molar-refractivity contribution is 9.10. The molecule has 1 aliphatic rings. The van der Waals surface area contributed by atoms with E-state index >= 15 is 0 Å². The van der Waals surface area contributed by atoms with Gasteiger partial charge in [-0.25, -0.2) is 4.98 Å². The maximum Gasteiger partial charge on any atom is 0.249 e. The summed E-state index contributed by atoms with van der Waals surface area (Å²) in [6.45, 7) is 0.691. The summed E-state index contributed by atoms with van der Waals surface area (Å²) in [5.41, 5.74) is 0.837. The molecular formula is C13H14BrN5O. The number of nitrogens with zero attached hydrogens (tertiary/aromatic N) is 4. The van der Waals surface area contributed by atoms with Crippen molar-refractivity contribution in [2.75, 3.05) is 16.8 Å². The summed E-state index contributed by atoms with van der Waals surface area (Å²) in [6.07, 6.45) is 6.00. The Morgan fingerprint density at radius 2 is 2.35 bits per heavy atom. The predicted octanol–water partition coefficient (Wildman–Crippen LogP) is 1.79. The quantitative estimate of drug-likeness (QED) is 0.928. The molecule has 20 heavy (non-hydrogen) atoms. The zero-order chi connectivity index (χ0) is 14.1. The van der Waals surface area contributed by atoms with E-state index in [0.29, 0.717) is 12.4 Å². The van der Waals surface area contributed by atoms with Crippen molar-refractivity contribution >= 4 is 33.3 Å².